The minimum absolute atomic E-state index is 0.0206. The van der Waals surface area contributed by atoms with E-state index in [1.807, 2.05) is 11.6 Å². The fraction of sp³-hybridized carbons (Fsp3) is 0.750. The van der Waals surface area contributed by atoms with Crippen LogP contribution >= 0.6 is 23.4 Å². The molecule has 2 rings (SSSR count). The van der Waals surface area contributed by atoms with Crippen LogP contribution in [0.4, 0.5) is 8.78 Å². The molecular formula is C12H17ClF2N2S. The third kappa shape index (κ3) is 3.38. The molecule has 1 aliphatic carbocycles. The van der Waals surface area contributed by atoms with E-state index >= 15 is 0 Å². The van der Waals surface area contributed by atoms with Crippen LogP contribution in [0.1, 0.15) is 31.4 Å². The summed E-state index contributed by atoms with van der Waals surface area (Å²) in [6, 6.07) is 0. The molecule has 0 saturated heterocycles. The van der Waals surface area contributed by atoms with Crippen molar-refractivity contribution < 1.29 is 8.78 Å². The first kappa shape index (κ1) is 14.1. The molecule has 1 aromatic heterocycles. The Bertz CT molecular complexity index is 409. The first-order chi connectivity index (χ1) is 8.52. The largest absolute Gasteiger partial charge is 0.325 e. The molecule has 18 heavy (non-hydrogen) atoms. The Morgan fingerprint density at radius 3 is 3.00 bits per heavy atom. The van der Waals surface area contributed by atoms with Gasteiger partial charge in [0, 0.05) is 25.6 Å². The Balaban J connectivity index is 1.89. The lowest BCUT2D eigenvalue weighted by molar-refractivity contribution is -0.0487. The maximum absolute atomic E-state index is 13.3. The van der Waals surface area contributed by atoms with Crippen LogP contribution in [-0.2, 0) is 12.9 Å². The molecule has 0 aliphatic heterocycles. The topological polar surface area (TPSA) is 17.8 Å². The van der Waals surface area contributed by atoms with E-state index in [1.54, 1.807) is 18.0 Å². The predicted molar refractivity (Wildman–Crippen MR) is 70.4 cm³/mol. The van der Waals surface area contributed by atoms with Crippen molar-refractivity contribution in [3.05, 3.63) is 11.9 Å². The molecule has 1 fully saturated rings. The van der Waals surface area contributed by atoms with Crippen molar-refractivity contribution in [1.82, 2.24) is 9.55 Å². The number of rotatable bonds is 4. The van der Waals surface area contributed by atoms with E-state index in [4.69, 9.17) is 11.6 Å². The summed E-state index contributed by atoms with van der Waals surface area (Å²) < 4.78 is 28.5. The van der Waals surface area contributed by atoms with E-state index in [1.165, 1.54) is 0 Å². The highest BCUT2D eigenvalue weighted by Gasteiger charge is 2.36. The van der Waals surface area contributed by atoms with Gasteiger partial charge in [-0.05, 0) is 18.8 Å². The second-order valence-corrected chi connectivity index (χ2v) is 6.11. The normalized spacial score (nSPS) is 23.2. The maximum Gasteiger partial charge on any atom is 0.248 e. The average Bonchev–Trinajstić information content (AvgIpc) is 2.66. The van der Waals surface area contributed by atoms with Crippen LogP contribution in [0.25, 0.3) is 0 Å². The summed E-state index contributed by atoms with van der Waals surface area (Å²) in [6.45, 7) is 0. The van der Waals surface area contributed by atoms with Gasteiger partial charge in [0.15, 0.2) is 5.16 Å². The van der Waals surface area contributed by atoms with Gasteiger partial charge in [-0.1, -0.05) is 11.8 Å². The highest BCUT2D eigenvalue weighted by atomic mass is 35.5. The molecule has 1 saturated carbocycles. The van der Waals surface area contributed by atoms with Crippen molar-refractivity contribution in [2.24, 2.45) is 13.0 Å². The summed E-state index contributed by atoms with van der Waals surface area (Å²) in [5, 5.41) is 0.861. The van der Waals surface area contributed by atoms with Gasteiger partial charge in [-0.3, -0.25) is 0 Å². The minimum Gasteiger partial charge on any atom is -0.325 e. The fourth-order valence-electron chi connectivity index (χ4n) is 2.29. The first-order valence-electron chi connectivity index (χ1n) is 6.09. The van der Waals surface area contributed by atoms with Crippen LogP contribution in [0.5, 0.6) is 0 Å². The van der Waals surface area contributed by atoms with Gasteiger partial charge >= 0.3 is 0 Å². The second-order valence-electron chi connectivity index (χ2n) is 4.85. The molecule has 102 valence electrons. The fourth-order valence-corrected chi connectivity index (χ4v) is 3.65. The van der Waals surface area contributed by atoms with Crippen molar-refractivity contribution in [1.29, 1.82) is 0 Å². The van der Waals surface area contributed by atoms with Gasteiger partial charge in [-0.25, -0.2) is 13.8 Å². The van der Waals surface area contributed by atoms with Crippen molar-refractivity contribution in [3.63, 3.8) is 0 Å². The SMILES string of the molecule is Cn1c(CCl)cnc1SCC1CCCC(F)(F)C1. The van der Waals surface area contributed by atoms with Gasteiger partial charge in [0.25, 0.3) is 0 Å². The van der Waals surface area contributed by atoms with Gasteiger partial charge in [-0.2, -0.15) is 0 Å². The van der Waals surface area contributed by atoms with E-state index in [9.17, 15) is 8.78 Å². The zero-order valence-corrected chi connectivity index (χ0v) is 11.9. The molecule has 1 unspecified atom stereocenters. The summed E-state index contributed by atoms with van der Waals surface area (Å²) in [7, 11) is 1.91. The zero-order valence-electron chi connectivity index (χ0n) is 10.3. The number of halogens is 3. The molecule has 0 N–H and O–H groups in total. The lowest BCUT2D eigenvalue weighted by Gasteiger charge is -2.28. The third-order valence-corrected chi connectivity index (χ3v) is 4.92. The lowest BCUT2D eigenvalue weighted by Crippen LogP contribution is -2.27. The van der Waals surface area contributed by atoms with E-state index in [0.29, 0.717) is 18.1 Å². The van der Waals surface area contributed by atoms with Crippen molar-refractivity contribution in [3.8, 4) is 0 Å². The van der Waals surface area contributed by atoms with Crippen LogP contribution in [0.3, 0.4) is 0 Å². The number of thioether (sulfide) groups is 1. The van der Waals surface area contributed by atoms with Crippen LogP contribution < -0.4 is 0 Å². The first-order valence-corrected chi connectivity index (χ1v) is 7.61. The molecule has 0 spiro atoms. The van der Waals surface area contributed by atoms with Gasteiger partial charge < -0.3 is 4.57 Å². The second kappa shape index (κ2) is 5.78. The molecule has 0 bridgehead atoms. The number of alkyl halides is 3. The number of hydrogen-bond donors (Lipinski definition) is 0. The Morgan fingerprint density at radius 1 is 1.61 bits per heavy atom. The summed E-state index contributed by atoms with van der Waals surface area (Å²) in [5.41, 5.74) is 0.952. The highest BCUT2D eigenvalue weighted by molar-refractivity contribution is 7.99. The molecule has 0 radical (unpaired) electrons. The quantitative estimate of drug-likeness (QED) is 0.615. The van der Waals surface area contributed by atoms with Crippen molar-refractivity contribution in [2.75, 3.05) is 5.75 Å². The molecule has 0 aromatic carbocycles. The van der Waals surface area contributed by atoms with Gasteiger partial charge in [0.2, 0.25) is 5.92 Å². The summed E-state index contributed by atoms with van der Waals surface area (Å²) >= 11 is 7.31. The number of nitrogens with zero attached hydrogens (tertiary/aromatic N) is 2. The van der Waals surface area contributed by atoms with E-state index < -0.39 is 5.92 Å². The smallest absolute Gasteiger partial charge is 0.248 e. The van der Waals surface area contributed by atoms with Gasteiger partial charge in [0.1, 0.15) is 0 Å². The van der Waals surface area contributed by atoms with Crippen molar-refractivity contribution >= 4 is 23.4 Å². The van der Waals surface area contributed by atoms with Crippen LogP contribution in [0.15, 0.2) is 11.4 Å². The van der Waals surface area contributed by atoms with Crippen LogP contribution in [0, 0.1) is 5.92 Å². The monoisotopic (exact) mass is 294 g/mol. The predicted octanol–water partition coefficient (Wildman–Crippen LogP) is 4.08. The standard InChI is InChI=1S/C12H17ClF2N2S/c1-17-10(6-13)7-16-11(17)18-8-9-3-2-4-12(14,15)5-9/h7,9H,2-6,8H2,1H3. The molecule has 1 aliphatic rings. The van der Waals surface area contributed by atoms with E-state index in [2.05, 4.69) is 4.98 Å². The molecule has 1 heterocycles. The van der Waals surface area contributed by atoms with E-state index in [-0.39, 0.29) is 18.8 Å². The van der Waals surface area contributed by atoms with E-state index in [0.717, 1.165) is 17.3 Å². The third-order valence-electron chi connectivity index (χ3n) is 3.37. The minimum atomic E-state index is -2.47. The summed E-state index contributed by atoms with van der Waals surface area (Å²) in [4.78, 5) is 4.26. The maximum atomic E-state index is 13.3. The Morgan fingerprint density at radius 2 is 2.39 bits per heavy atom. The highest BCUT2D eigenvalue weighted by Crippen LogP contribution is 2.38. The summed E-state index contributed by atoms with van der Waals surface area (Å²) in [6.07, 6.45) is 3.34. The number of aromatic nitrogens is 2. The Labute approximate surface area is 115 Å². The Kier molecular flexibility index (Phi) is 4.54. The molecule has 2 nitrogen and oxygen atoms in total. The van der Waals surface area contributed by atoms with Gasteiger partial charge in [-0.15, -0.1) is 11.6 Å². The number of hydrogen-bond acceptors (Lipinski definition) is 2. The Hall–Kier alpha value is -0.290. The van der Waals surface area contributed by atoms with Gasteiger partial charge in [0.05, 0.1) is 17.8 Å². The molecule has 1 atom stereocenters. The molecule has 6 heteroatoms. The zero-order chi connectivity index (χ0) is 13.2. The van der Waals surface area contributed by atoms with Crippen LogP contribution in [0.2, 0.25) is 0 Å². The molecule has 1 aromatic rings. The van der Waals surface area contributed by atoms with Crippen molar-refractivity contribution in [2.45, 2.75) is 42.6 Å². The molecule has 0 amide bonds. The lowest BCUT2D eigenvalue weighted by atomic mass is 9.88. The average molecular weight is 295 g/mol. The summed E-state index contributed by atoms with van der Waals surface area (Å²) in [5.74, 6) is -1.24. The number of imidazole rings is 1. The van der Waals surface area contributed by atoms with Crippen LogP contribution in [-0.4, -0.2) is 21.2 Å². The molecular weight excluding hydrogens is 278 g/mol.